The molecular weight excluding hydrogens is 205 g/mol. The number of carboxylic acids is 1. The molecule has 1 aromatic rings. The predicted molar refractivity (Wildman–Crippen MR) is 36.6 cm³/mol. The van der Waals surface area contributed by atoms with Gasteiger partial charge < -0.3 is 15.3 Å². The van der Waals surface area contributed by atoms with E-state index in [9.17, 15) is 18.0 Å². The van der Waals surface area contributed by atoms with E-state index in [0.717, 1.165) is 0 Å². The number of hydrogen-bond acceptors (Lipinski definition) is 3. The first-order valence-corrected chi connectivity index (χ1v) is 3.19. The second-order valence-corrected chi connectivity index (χ2v) is 2.32. The van der Waals surface area contributed by atoms with Crippen molar-refractivity contribution in [2.24, 2.45) is 0 Å². The first kappa shape index (κ1) is 10.2. The topological polar surface area (TPSA) is 77.8 Å². The minimum atomic E-state index is -2.15. The van der Waals surface area contributed by atoms with Gasteiger partial charge >= 0.3 is 5.97 Å². The number of rotatable bonds is 1. The molecule has 0 bridgehead atoms. The van der Waals surface area contributed by atoms with Gasteiger partial charge in [0.25, 0.3) is 0 Å². The van der Waals surface area contributed by atoms with Crippen LogP contribution in [0.2, 0.25) is 0 Å². The van der Waals surface area contributed by atoms with Crippen molar-refractivity contribution in [2.75, 3.05) is 0 Å². The minimum absolute atomic E-state index is 1.51. The van der Waals surface area contributed by atoms with E-state index in [1.807, 2.05) is 0 Å². The normalized spacial score (nSPS) is 10.2. The molecule has 0 heterocycles. The van der Waals surface area contributed by atoms with Crippen LogP contribution < -0.4 is 0 Å². The highest BCUT2D eigenvalue weighted by molar-refractivity contribution is 5.92. The van der Waals surface area contributed by atoms with Gasteiger partial charge in [-0.15, -0.1) is 0 Å². The number of halogens is 3. The molecule has 4 nitrogen and oxygen atoms in total. The van der Waals surface area contributed by atoms with Gasteiger partial charge in [-0.1, -0.05) is 0 Å². The number of aromatic carboxylic acids is 1. The summed E-state index contributed by atoms with van der Waals surface area (Å²) in [6.45, 7) is 0. The Balaban J connectivity index is 3.68. The summed E-state index contributed by atoms with van der Waals surface area (Å²) < 4.78 is 37.7. The molecule has 7 heteroatoms. The molecule has 1 aromatic carbocycles. The van der Waals surface area contributed by atoms with Crippen LogP contribution in [-0.2, 0) is 0 Å². The van der Waals surface area contributed by atoms with Crippen LogP contribution in [0, 0.1) is 17.5 Å². The smallest absolute Gasteiger partial charge is 0.342 e. The van der Waals surface area contributed by atoms with Gasteiger partial charge in [0.15, 0.2) is 23.1 Å². The number of carboxylic acid groups (broad SMARTS) is 1. The maximum atomic E-state index is 12.7. The maximum absolute atomic E-state index is 12.7. The molecule has 0 spiro atoms. The third kappa shape index (κ3) is 1.22. The van der Waals surface area contributed by atoms with E-state index in [2.05, 4.69) is 0 Å². The van der Waals surface area contributed by atoms with Crippen molar-refractivity contribution in [2.45, 2.75) is 0 Å². The SMILES string of the molecule is O=C(O)c1c(O)c(O)c(F)c(F)c1F. The summed E-state index contributed by atoms with van der Waals surface area (Å²) in [7, 11) is 0. The fourth-order valence-corrected chi connectivity index (χ4v) is 0.832. The molecule has 0 aliphatic heterocycles. The number of hydrogen-bond donors (Lipinski definition) is 3. The largest absolute Gasteiger partial charge is 0.504 e. The Bertz CT molecular complexity index is 387. The molecule has 0 saturated carbocycles. The monoisotopic (exact) mass is 208 g/mol. The molecule has 0 amide bonds. The second-order valence-electron chi connectivity index (χ2n) is 2.32. The highest BCUT2D eigenvalue weighted by atomic mass is 19.2. The molecule has 0 fully saturated rings. The van der Waals surface area contributed by atoms with E-state index < -0.39 is 40.5 Å². The quantitative estimate of drug-likeness (QED) is 0.478. The zero-order valence-corrected chi connectivity index (χ0v) is 6.38. The molecule has 0 radical (unpaired) electrons. The molecule has 0 aromatic heterocycles. The van der Waals surface area contributed by atoms with Crippen LogP contribution in [0.4, 0.5) is 13.2 Å². The first-order valence-electron chi connectivity index (χ1n) is 3.19. The third-order valence-electron chi connectivity index (χ3n) is 1.49. The van der Waals surface area contributed by atoms with Crippen LogP contribution in [0.5, 0.6) is 11.5 Å². The lowest BCUT2D eigenvalue weighted by atomic mass is 10.1. The first-order chi connectivity index (χ1) is 6.37. The van der Waals surface area contributed by atoms with Gasteiger partial charge in [-0.05, 0) is 0 Å². The molecule has 0 aliphatic rings. The number of aromatic hydroxyl groups is 2. The third-order valence-corrected chi connectivity index (χ3v) is 1.49. The Morgan fingerprint density at radius 2 is 1.43 bits per heavy atom. The second kappa shape index (κ2) is 3.09. The van der Waals surface area contributed by atoms with E-state index >= 15 is 0 Å². The average molecular weight is 208 g/mol. The number of carbonyl (C=O) groups is 1. The molecule has 3 N–H and O–H groups in total. The molecule has 0 saturated heterocycles. The van der Waals surface area contributed by atoms with Crippen molar-refractivity contribution >= 4 is 5.97 Å². The highest BCUT2D eigenvalue weighted by Crippen LogP contribution is 2.35. The standard InChI is InChI=1S/C7H3F3O4/c8-2-1(7(13)14)5(11)6(12)4(10)3(2)9/h11-12H,(H,13,14). The number of phenols is 2. The maximum Gasteiger partial charge on any atom is 0.342 e. The zero-order chi connectivity index (χ0) is 11.0. The summed E-state index contributed by atoms with van der Waals surface area (Å²) in [6, 6.07) is 0. The Labute approximate surface area is 74.8 Å². The van der Waals surface area contributed by atoms with Gasteiger partial charge in [0.05, 0.1) is 0 Å². The van der Waals surface area contributed by atoms with E-state index in [1.54, 1.807) is 0 Å². The van der Waals surface area contributed by atoms with Crippen molar-refractivity contribution < 1.29 is 33.3 Å². The predicted octanol–water partition coefficient (Wildman–Crippen LogP) is 1.21. The van der Waals surface area contributed by atoms with Crippen molar-refractivity contribution in [3.8, 4) is 11.5 Å². The number of benzene rings is 1. The molecule has 0 aliphatic carbocycles. The van der Waals surface area contributed by atoms with Crippen molar-refractivity contribution in [1.29, 1.82) is 0 Å². The van der Waals surface area contributed by atoms with Gasteiger partial charge in [0.1, 0.15) is 5.56 Å². The van der Waals surface area contributed by atoms with Gasteiger partial charge in [0.2, 0.25) is 5.82 Å². The van der Waals surface area contributed by atoms with Gasteiger partial charge in [0, 0.05) is 0 Å². The van der Waals surface area contributed by atoms with Crippen LogP contribution in [0.1, 0.15) is 10.4 Å². The summed E-state index contributed by atoms with van der Waals surface area (Å²) in [5.41, 5.74) is -1.51. The lowest BCUT2D eigenvalue weighted by molar-refractivity contribution is 0.0685. The van der Waals surface area contributed by atoms with Crippen LogP contribution in [-0.4, -0.2) is 21.3 Å². The Kier molecular flexibility index (Phi) is 2.24. The Morgan fingerprint density at radius 3 is 1.86 bits per heavy atom. The van der Waals surface area contributed by atoms with Crippen LogP contribution in [0.25, 0.3) is 0 Å². The van der Waals surface area contributed by atoms with Crippen molar-refractivity contribution in [3.63, 3.8) is 0 Å². The lowest BCUT2D eigenvalue weighted by Gasteiger charge is -2.05. The highest BCUT2D eigenvalue weighted by Gasteiger charge is 2.28. The molecule has 76 valence electrons. The van der Waals surface area contributed by atoms with Gasteiger partial charge in [-0.3, -0.25) is 0 Å². The minimum Gasteiger partial charge on any atom is -0.504 e. The van der Waals surface area contributed by atoms with Crippen molar-refractivity contribution in [1.82, 2.24) is 0 Å². The van der Waals surface area contributed by atoms with E-state index in [1.165, 1.54) is 0 Å². The van der Waals surface area contributed by atoms with Crippen molar-refractivity contribution in [3.05, 3.63) is 23.0 Å². The van der Waals surface area contributed by atoms with Gasteiger partial charge in [-0.2, -0.15) is 4.39 Å². The van der Waals surface area contributed by atoms with Crippen LogP contribution in [0.15, 0.2) is 0 Å². The summed E-state index contributed by atoms with van der Waals surface area (Å²) in [4.78, 5) is 10.3. The van der Waals surface area contributed by atoms with E-state index in [-0.39, 0.29) is 0 Å². The van der Waals surface area contributed by atoms with Crippen LogP contribution in [0.3, 0.4) is 0 Å². The molecule has 0 atom stereocenters. The molecule has 0 unspecified atom stereocenters. The Morgan fingerprint density at radius 1 is 0.929 bits per heavy atom. The summed E-state index contributed by atoms with van der Waals surface area (Å²) in [5, 5.41) is 25.7. The zero-order valence-electron chi connectivity index (χ0n) is 6.38. The summed E-state index contributed by atoms with van der Waals surface area (Å²) in [5.74, 6) is -11.5. The lowest BCUT2D eigenvalue weighted by Crippen LogP contribution is -2.05. The summed E-state index contributed by atoms with van der Waals surface area (Å²) >= 11 is 0. The Hall–Kier alpha value is -1.92. The molecule has 1 rings (SSSR count). The number of phenolic OH excluding ortho intramolecular Hbond substituents is 1. The summed E-state index contributed by atoms with van der Waals surface area (Å²) in [6.07, 6.45) is 0. The molecule has 14 heavy (non-hydrogen) atoms. The fourth-order valence-electron chi connectivity index (χ4n) is 0.832. The molecular formula is C7H3F3O4. The van der Waals surface area contributed by atoms with E-state index in [4.69, 9.17) is 15.3 Å². The van der Waals surface area contributed by atoms with E-state index in [0.29, 0.717) is 0 Å². The average Bonchev–Trinajstić information content (AvgIpc) is 2.11. The van der Waals surface area contributed by atoms with Crippen LogP contribution >= 0.6 is 0 Å². The van der Waals surface area contributed by atoms with Gasteiger partial charge in [-0.25, -0.2) is 13.6 Å². The fraction of sp³-hybridized carbons (Fsp3) is 0.